The Morgan fingerprint density at radius 2 is 2.33 bits per heavy atom. The molecule has 1 aromatic heterocycles. The van der Waals surface area contributed by atoms with E-state index in [4.69, 9.17) is 5.11 Å². The molecule has 1 saturated heterocycles. The Balaban J connectivity index is 1.67. The number of aliphatic carboxylic acids is 1. The number of aryl methyl sites for hydroxylation is 1. The normalized spacial score (nSPS) is 21.0. The van der Waals surface area contributed by atoms with E-state index in [2.05, 4.69) is 14.5 Å². The van der Waals surface area contributed by atoms with Gasteiger partial charge in [-0.05, 0) is 38.3 Å². The molecule has 1 N–H and O–H groups in total. The van der Waals surface area contributed by atoms with Crippen molar-refractivity contribution in [3.05, 3.63) is 18.7 Å². The molecule has 1 fully saturated rings. The molecule has 0 bridgehead atoms. The summed E-state index contributed by atoms with van der Waals surface area (Å²) in [5, 5.41) is 8.82. The molecule has 1 aliphatic rings. The molecule has 0 aromatic carbocycles. The summed E-state index contributed by atoms with van der Waals surface area (Å²) >= 11 is 0. The van der Waals surface area contributed by atoms with E-state index in [0.717, 1.165) is 45.4 Å². The summed E-state index contributed by atoms with van der Waals surface area (Å²) in [4.78, 5) is 17.1. The van der Waals surface area contributed by atoms with Crippen molar-refractivity contribution in [2.75, 3.05) is 19.6 Å². The lowest BCUT2D eigenvalue weighted by Gasteiger charge is -2.32. The molecule has 18 heavy (non-hydrogen) atoms. The summed E-state index contributed by atoms with van der Waals surface area (Å²) in [5.41, 5.74) is 0. The lowest BCUT2D eigenvalue weighted by Crippen LogP contribution is -2.37. The van der Waals surface area contributed by atoms with E-state index in [1.54, 1.807) is 6.20 Å². The minimum absolute atomic E-state index is 0.317. The number of carboxylic acids is 1. The predicted octanol–water partition coefficient (Wildman–Crippen LogP) is 1.46. The topological polar surface area (TPSA) is 58.4 Å². The first-order chi connectivity index (χ1) is 8.74. The van der Waals surface area contributed by atoms with Crippen LogP contribution in [0.3, 0.4) is 0 Å². The van der Waals surface area contributed by atoms with Crippen LogP contribution in [0.1, 0.15) is 25.7 Å². The second-order valence-electron chi connectivity index (χ2n) is 5.06. The van der Waals surface area contributed by atoms with Crippen LogP contribution in [0.2, 0.25) is 0 Å². The Hall–Kier alpha value is -1.36. The summed E-state index contributed by atoms with van der Waals surface area (Å²) < 4.78 is 2.08. The summed E-state index contributed by atoms with van der Waals surface area (Å²) in [7, 11) is 0. The first-order valence-electron chi connectivity index (χ1n) is 6.64. The van der Waals surface area contributed by atoms with E-state index in [9.17, 15) is 4.79 Å². The van der Waals surface area contributed by atoms with E-state index < -0.39 is 5.97 Å². The highest BCUT2D eigenvalue weighted by Gasteiger charge is 2.21. The maximum absolute atomic E-state index is 10.7. The molecule has 0 aliphatic carbocycles. The van der Waals surface area contributed by atoms with Gasteiger partial charge in [-0.1, -0.05) is 0 Å². The Bertz CT molecular complexity index is 364. The fourth-order valence-corrected chi connectivity index (χ4v) is 2.66. The molecule has 1 aliphatic heterocycles. The van der Waals surface area contributed by atoms with E-state index in [1.165, 1.54) is 0 Å². The van der Waals surface area contributed by atoms with Crippen LogP contribution in [-0.4, -0.2) is 45.2 Å². The van der Waals surface area contributed by atoms with Gasteiger partial charge in [0.05, 0.1) is 6.33 Å². The van der Waals surface area contributed by atoms with Crippen molar-refractivity contribution in [2.45, 2.75) is 32.2 Å². The van der Waals surface area contributed by atoms with Gasteiger partial charge in [0.1, 0.15) is 0 Å². The lowest BCUT2D eigenvalue weighted by atomic mass is 9.95. The zero-order valence-corrected chi connectivity index (χ0v) is 10.7. The number of aromatic nitrogens is 2. The smallest absolute Gasteiger partial charge is 0.303 e. The van der Waals surface area contributed by atoms with Crippen LogP contribution in [0.4, 0.5) is 0 Å². The third-order valence-electron chi connectivity index (χ3n) is 3.52. The summed E-state index contributed by atoms with van der Waals surface area (Å²) in [6, 6.07) is 0. The third kappa shape index (κ3) is 4.14. The van der Waals surface area contributed by atoms with Gasteiger partial charge in [-0.3, -0.25) is 4.79 Å². The number of piperidine rings is 1. The quantitative estimate of drug-likeness (QED) is 0.831. The first-order valence-corrected chi connectivity index (χ1v) is 6.64. The highest BCUT2D eigenvalue weighted by molar-refractivity contribution is 5.67. The Morgan fingerprint density at radius 1 is 1.44 bits per heavy atom. The molecule has 100 valence electrons. The van der Waals surface area contributed by atoms with Gasteiger partial charge in [-0.15, -0.1) is 0 Å². The third-order valence-corrected chi connectivity index (χ3v) is 3.52. The van der Waals surface area contributed by atoms with Crippen molar-refractivity contribution in [2.24, 2.45) is 5.92 Å². The summed E-state index contributed by atoms with van der Waals surface area (Å²) in [6.07, 6.45) is 9.21. The van der Waals surface area contributed by atoms with E-state index in [0.29, 0.717) is 12.3 Å². The van der Waals surface area contributed by atoms with Gasteiger partial charge in [-0.2, -0.15) is 0 Å². The molecule has 5 heteroatoms. The van der Waals surface area contributed by atoms with Gasteiger partial charge in [0.25, 0.3) is 0 Å². The number of carboxylic acid groups (broad SMARTS) is 1. The fourth-order valence-electron chi connectivity index (χ4n) is 2.66. The molecule has 2 heterocycles. The zero-order chi connectivity index (χ0) is 12.8. The minimum atomic E-state index is -0.666. The van der Waals surface area contributed by atoms with E-state index in [-0.39, 0.29) is 0 Å². The highest BCUT2D eigenvalue weighted by atomic mass is 16.4. The van der Waals surface area contributed by atoms with Gasteiger partial charge in [0.2, 0.25) is 0 Å². The number of hydrogen-bond donors (Lipinski definition) is 1. The molecule has 2 rings (SSSR count). The minimum Gasteiger partial charge on any atom is -0.481 e. The predicted molar refractivity (Wildman–Crippen MR) is 68.3 cm³/mol. The van der Waals surface area contributed by atoms with Crippen LogP contribution < -0.4 is 0 Å². The number of nitrogens with zero attached hydrogens (tertiary/aromatic N) is 3. The summed E-state index contributed by atoms with van der Waals surface area (Å²) in [6.45, 7) is 4.09. The Morgan fingerprint density at radius 3 is 3.06 bits per heavy atom. The monoisotopic (exact) mass is 251 g/mol. The van der Waals surface area contributed by atoms with Gasteiger partial charge >= 0.3 is 5.97 Å². The van der Waals surface area contributed by atoms with Crippen LogP contribution in [-0.2, 0) is 11.3 Å². The van der Waals surface area contributed by atoms with Crippen LogP contribution in [0.25, 0.3) is 0 Å². The van der Waals surface area contributed by atoms with Crippen molar-refractivity contribution in [1.29, 1.82) is 0 Å². The molecule has 0 saturated carbocycles. The van der Waals surface area contributed by atoms with Crippen molar-refractivity contribution >= 4 is 5.97 Å². The van der Waals surface area contributed by atoms with Crippen molar-refractivity contribution in [1.82, 2.24) is 14.5 Å². The number of imidazole rings is 1. The van der Waals surface area contributed by atoms with Crippen molar-refractivity contribution < 1.29 is 9.90 Å². The van der Waals surface area contributed by atoms with Crippen molar-refractivity contribution in [3.63, 3.8) is 0 Å². The molecule has 0 radical (unpaired) electrons. The zero-order valence-electron chi connectivity index (χ0n) is 10.7. The molecule has 5 nitrogen and oxygen atoms in total. The first kappa shape index (κ1) is 13.1. The molecular formula is C13H21N3O2. The SMILES string of the molecule is O=C(O)CC1CCCN(CCCn2ccnc2)C1. The van der Waals surface area contributed by atoms with Gasteiger partial charge in [-0.25, -0.2) is 4.98 Å². The van der Waals surface area contributed by atoms with Crippen LogP contribution in [0.15, 0.2) is 18.7 Å². The second kappa shape index (κ2) is 6.54. The standard InChI is InChI=1S/C13H21N3O2/c17-13(18)9-12-3-1-5-15(10-12)6-2-7-16-8-4-14-11-16/h4,8,11-12H,1-3,5-7,9-10H2,(H,17,18). The average molecular weight is 251 g/mol. The molecule has 1 atom stereocenters. The number of hydrogen-bond acceptors (Lipinski definition) is 3. The highest BCUT2D eigenvalue weighted by Crippen LogP contribution is 2.19. The molecule has 0 spiro atoms. The molecule has 1 unspecified atom stereocenters. The number of likely N-dealkylation sites (tertiary alicyclic amines) is 1. The van der Waals surface area contributed by atoms with Gasteiger partial charge in [0.15, 0.2) is 0 Å². The van der Waals surface area contributed by atoms with Crippen LogP contribution in [0, 0.1) is 5.92 Å². The molecule has 1 aromatic rings. The Kier molecular flexibility index (Phi) is 4.75. The van der Waals surface area contributed by atoms with Crippen LogP contribution >= 0.6 is 0 Å². The van der Waals surface area contributed by atoms with Crippen LogP contribution in [0.5, 0.6) is 0 Å². The molecule has 0 amide bonds. The number of carbonyl (C=O) groups is 1. The maximum Gasteiger partial charge on any atom is 0.303 e. The Labute approximate surface area is 107 Å². The van der Waals surface area contributed by atoms with Gasteiger partial charge < -0.3 is 14.6 Å². The summed E-state index contributed by atoms with van der Waals surface area (Å²) in [5.74, 6) is -0.329. The largest absolute Gasteiger partial charge is 0.481 e. The molecular weight excluding hydrogens is 230 g/mol. The maximum atomic E-state index is 10.7. The number of rotatable bonds is 6. The van der Waals surface area contributed by atoms with Crippen molar-refractivity contribution in [3.8, 4) is 0 Å². The lowest BCUT2D eigenvalue weighted by molar-refractivity contribution is -0.138. The average Bonchev–Trinajstić information content (AvgIpc) is 2.82. The van der Waals surface area contributed by atoms with E-state index >= 15 is 0 Å². The second-order valence-corrected chi connectivity index (χ2v) is 5.06. The van der Waals surface area contributed by atoms with E-state index in [1.807, 2.05) is 12.5 Å². The van der Waals surface area contributed by atoms with Gasteiger partial charge in [0, 0.05) is 31.9 Å². The fraction of sp³-hybridized carbons (Fsp3) is 0.692.